The third kappa shape index (κ3) is 41.0. The fraction of sp³-hybridized carbons (Fsp3) is 0.270. The van der Waals surface area contributed by atoms with Gasteiger partial charge in [0.25, 0.3) is 0 Å². The molecule has 5 rings (SSSR count). The van der Waals surface area contributed by atoms with Crippen molar-refractivity contribution in [1.82, 2.24) is 15.0 Å². The summed E-state index contributed by atoms with van der Waals surface area (Å²) in [5, 5.41) is 0. The second kappa shape index (κ2) is 37.0. The van der Waals surface area contributed by atoms with Crippen LogP contribution in [0.2, 0.25) is 0 Å². The summed E-state index contributed by atoms with van der Waals surface area (Å²) in [6.07, 6.45) is 4.31. The Bertz CT molecular complexity index is 814. The van der Waals surface area contributed by atoms with E-state index in [2.05, 4.69) is 73.8 Å². The van der Waals surface area contributed by atoms with Crippen LogP contribution in [0.3, 0.4) is 0 Å². The van der Waals surface area contributed by atoms with E-state index in [4.69, 9.17) is 0 Å². The first-order chi connectivity index (χ1) is 19.5. The van der Waals surface area contributed by atoms with Crippen LogP contribution in [0.1, 0.15) is 59.6 Å². The van der Waals surface area contributed by atoms with Crippen molar-refractivity contribution < 1.29 is 0 Å². The second-order valence-corrected chi connectivity index (χ2v) is 8.14. The Kier molecular flexibility index (Phi) is 37.4. The summed E-state index contributed by atoms with van der Waals surface area (Å²) >= 11 is 0. The molecule has 0 atom stereocenters. The van der Waals surface area contributed by atoms with Crippen LogP contribution in [-0.2, 0) is 0 Å². The van der Waals surface area contributed by atoms with E-state index in [-0.39, 0.29) is 0 Å². The van der Waals surface area contributed by atoms with E-state index in [0.29, 0.717) is 0 Å². The van der Waals surface area contributed by atoms with Gasteiger partial charge in [0, 0.05) is 0 Å². The molecular formula is C37H53N3. The van der Waals surface area contributed by atoms with Crippen molar-refractivity contribution in [1.29, 1.82) is 0 Å². The van der Waals surface area contributed by atoms with Gasteiger partial charge in [0.15, 0.2) is 0 Å². The third-order valence-electron chi connectivity index (χ3n) is 3.61. The molecule has 0 bridgehead atoms. The fourth-order valence-electron chi connectivity index (χ4n) is 2.04. The lowest BCUT2D eigenvalue weighted by Gasteiger charge is -1.82. The molecule has 0 N–H and O–H groups in total. The van der Waals surface area contributed by atoms with Gasteiger partial charge >= 0.3 is 0 Å². The van der Waals surface area contributed by atoms with E-state index in [9.17, 15) is 0 Å². The van der Waals surface area contributed by atoms with E-state index in [0.717, 1.165) is 5.92 Å². The van der Waals surface area contributed by atoms with Gasteiger partial charge in [-0.05, 0) is 19.8 Å². The quantitative estimate of drug-likeness (QED) is 0.196. The van der Waals surface area contributed by atoms with E-state index in [1.807, 2.05) is 137 Å². The van der Waals surface area contributed by atoms with Crippen LogP contribution in [0.15, 0.2) is 152 Å². The summed E-state index contributed by atoms with van der Waals surface area (Å²) < 4.78 is 0. The lowest BCUT2D eigenvalue weighted by Crippen LogP contribution is -1.73. The van der Waals surface area contributed by atoms with E-state index >= 15 is 0 Å². The summed E-state index contributed by atoms with van der Waals surface area (Å²) in [6, 6.07) is 44.5. The van der Waals surface area contributed by atoms with Crippen LogP contribution in [0.5, 0.6) is 0 Å². The summed E-state index contributed by atoms with van der Waals surface area (Å²) in [5.41, 5.74) is 2.64. The Balaban J connectivity index is -0.000000403. The number of benzene rings is 4. The molecule has 0 aliphatic heterocycles. The molecule has 0 amide bonds. The molecule has 40 heavy (non-hydrogen) atoms. The molecule has 0 aliphatic carbocycles. The number of rotatable bonds is 0. The molecule has 3 heteroatoms. The van der Waals surface area contributed by atoms with Crippen molar-refractivity contribution >= 4 is 0 Å². The van der Waals surface area contributed by atoms with Crippen molar-refractivity contribution in [3.8, 4) is 0 Å². The van der Waals surface area contributed by atoms with Crippen LogP contribution in [-0.4, -0.2) is 15.0 Å². The molecular weight excluding hydrogens is 486 g/mol. The van der Waals surface area contributed by atoms with Crippen molar-refractivity contribution in [2.24, 2.45) is 5.92 Å². The molecule has 0 aliphatic rings. The van der Waals surface area contributed by atoms with Crippen LogP contribution >= 0.6 is 0 Å². The smallest absolute Gasteiger partial charge is 0.119 e. The molecule has 216 valence electrons. The molecule has 3 nitrogen and oxygen atoms in total. The first kappa shape index (κ1) is 40.4. The normalized spacial score (nSPS) is 7.85. The summed E-state index contributed by atoms with van der Waals surface area (Å²) in [5.74, 6) is 0.833. The maximum absolute atomic E-state index is 3.56. The van der Waals surface area contributed by atoms with Crippen molar-refractivity contribution in [3.05, 3.63) is 164 Å². The zero-order valence-electron chi connectivity index (χ0n) is 26.4. The molecule has 0 saturated carbocycles. The van der Waals surface area contributed by atoms with Gasteiger partial charge < -0.3 is 0 Å². The molecule has 0 unspecified atom stereocenters. The standard InChI is InChI=1S/2C7H8.2C6H6.C4H10.C3H3N3.2C2H6/c2*1-7-5-3-2-4-6-7;2*1-2-4-6-5-3-1;1-4(2)3;1-4-2-6-3-5-1;2*1-2/h2*2-6H,1H3;2*1-6H;4H,1-3H3;1-3H;2*1-2H3. The Hall–Kier alpha value is -4.11. The molecule has 4 aromatic carbocycles. The Morgan fingerprint density at radius 1 is 0.350 bits per heavy atom. The maximum atomic E-state index is 3.56. The Morgan fingerprint density at radius 2 is 0.500 bits per heavy atom. The third-order valence-corrected chi connectivity index (χ3v) is 3.61. The van der Waals surface area contributed by atoms with Crippen LogP contribution in [0.25, 0.3) is 0 Å². The van der Waals surface area contributed by atoms with Gasteiger partial charge in [0.2, 0.25) is 0 Å². The first-order valence-electron chi connectivity index (χ1n) is 14.1. The number of nitrogens with zero attached hydrogens (tertiary/aromatic N) is 3. The predicted octanol–water partition coefficient (Wildman–Crippen LogP) is 10.9. The van der Waals surface area contributed by atoms with E-state index in [1.54, 1.807) is 0 Å². The summed E-state index contributed by atoms with van der Waals surface area (Å²) in [4.78, 5) is 10.7. The number of aromatic nitrogens is 3. The number of hydrogen-bond acceptors (Lipinski definition) is 3. The average Bonchev–Trinajstić information content (AvgIpc) is 3.04. The van der Waals surface area contributed by atoms with Gasteiger partial charge in [0.05, 0.1) is 0 Å². The summed E-state index contributed by atoms with van der Waals surface area (Å²) in [7, 11) is 0. The second-order valence-electron chi connectivity index (χ2n) is 8.14. The van der Waals surface area contributed by atoms with Gasteiger partial charge in [0.1, 0.15) is 19.0 Å². The average molecular weight is 540 g/mol. The van der Waals surface area contributed by atoms with Gasteiger partial charge in [-0.15, -0.1) is 0 Å². The fourth-order valence-corrected chi connectivity index (χ4v) is 2.04. The maximum Gasteiger partial charge on any atom is 0.119 e. The molecule has 1 heterocycles. The minimum atomic E-state index is 0.833. The highest BCUT2D eigenvalue weighted by Crippen LogP contribution is 1.93. The highest BCUT2D eigenvalue weighted by Gasteiger charge is 1.73. The lowest BCUT2D eigenvalue weighted by atomic mass is 10.2. The highest BCUT2D eigenvalue weighted by molar-refractivity contribution is 5.12. The highest BCUT2D eigenvalue weighted by atomic mass is 14.9. The minimum Gasteiger partial charge on any atom is -0.225 e. The largest absolute Gasteiger partial charge is 0.225 e. The summed E-state index contributed by atoms with van der Waals surface area (Å²) in [6.45, 7) is 18.7. The zero-order valence-corrected chi connectivity index (χ0v) is 26.4. The Labute approximate surface area is 246 Å². The van der Waals surface area contributed by atoms with E-state index in [1.165, 1.54) is 30.1 Å². The molecule has 1 aromatic heterocycles. The lowest BCUT2D eigenvalue weighted by molar-refractivity contribution is 0.737. The van der Waals surface area contributed by atoms with E-state index < -0.39 is 0 Å². The van der Waals surface area contributed by atoms with Crippen molar-refractivity contribution in [2.75, 3.05) is 0 Å². The molecule has 0 fully saturated rings. The molecule has 5 aromatic rings. The van der Waals surface area contributed by atoms with Crippen LogP contribution < -0.4 is 0 Å². The van der Waals surface area contributed by atoms with Gasteiger partial charge in [-0.1, -0.05) is 193 Å². The van der Waals surface area contributed by atoms with Gasteiger partial charge in [-0.25, -0.2) is 15.0 Å². The van der Waals surface area contributed by atoms with Crippen molar-refractivity contribution in [3.63, 3.8) is 0 Å². The number of hydrogen-bond donors (Lipinski definition) is 0. The SMILES string of the molecule is CC.CC.CC(C)C.Cc1ccccc1.Cc1ccccc1.c1ccccc1.c1ccccc1.c1ncncn1. The minimum absolute atomic E-state index is 0.833. The topological polar surface area (TPSA) is 38.7 Å². The van der Waals surface area contributed by atoms with Crippen molar-refractivity contribution in [2.45, 2.75) is 62.3 Å². The predicted molar refractivity (Wildman–Crippen MR) is 178 cm³/mol. The zero-order chi connectivity index (χ0) is 30.5. The van der Waals surface area contributed by atoms with Crippen LogP contribution in [0, 0.1) is 19.8 Å². The molecule has 0 saturated heterocycles. The first-order valence-corrected chi connectivity index (χ1v) is 14.1. The Morgan fingerprint density at radius 3 is 0.600 bits per heavy atom. The monoisotopic (exact) mass is 539 g/mol. The number of aryl methyl sites for hydroxylation is 2. The molecule has 0 radical (unpaired) electrons. The van der Waals surface area contributed by atoms with Crippen LogP contribution in [0.4, 0.5) is 0 Å². The molecule has 0 spiro atoms. The van der Waals surface area contributed by atoms with Gasteiger partial charge in [-0.3, -0.25) is 0 Å². The van der Waals surface area contributed by atoms with Gasteiger partial charge in [-0.2, -0.15) is 0 Å².